The minimum Gasteiger partial charge on any atom is -0.423 e. The van der Waals surface area contributed by atoms with Gasteiger partial charge in [-0.2, -0.15) is 10.5 Å². The van der Waals surface area contributed by atoms with Crippen LogP contribution in [0.5, 0.6) is 11.5 Å². The number of esters is 2. The van der Waals surface area contributed by atoms with Crippen molar-refractivity contribution < 1.29 is 27.8 Å². The van der Waals surface area contributed by atoms with E-state index in [2.05, 4.69) is 0 Å². The maximum Gasteiger partial charge on any atom is 0.343 e. The Morgan fingerprint density at radius 1 is 0.456 bits per heavy atom. The van der Waals surface area contributed by atoms with Crippen molar-refractivity contribution in [3.05, 3.63) is 178 Å². The number of benzene rings is 6. The molecule has 0 radical (unpaired) electrons. The second-order valence-corrected chi connectivity index (χ2v) is 13.8. The van der Waals surface area contributed by atoms with E-state index in [0.29, 0.717) is 44.5 Å². The van der Waals surface area contributed by atoms with Crippen LogP contribution >= 0.6 is 0 Å². The molecule has 0 aliphatic rings. The number of carbonyl (C=O) groups is 2. The predicted octanol–water partition coefficient (Wildman–Crippen LogP) is 12.0. The molecule has 0 amide bonds. The molecule has 0 aliphatic heterocycles. The molecule has 57 heavy (non-hydrogen) atoms. The van der Waals surface area contributed by atoms with Crippen LogP contribution in [0.15, 0.2) is 133 Å². The number of hydrogen-bond acceptors (Lipinski definition) is 6. The van der Waals surface area contributed by atoms with E-state index < -0.39 is 23.6 Å². The van der Waals surface area contributed by atoms with Crippen LogP contribution in [-0.4, -0.2) is 11.9 Å². The molecule has 0 bridgehead atoms. The number of nitrogens with zero attached hydrogens (tertiary/aromatic N) is 2. The van der Waals surface area contributed by atoms with Gasteiger partial charge in [0.2, 0.25) is 0 Å². The number of unbranched alkanes of at least 4 members (excludes halogenated alkanes) is 6. The van der Waals surface area contributed by atoms with Gasteiger partial charge in [0.05, 0.1) is 34.4 Å². The van der Waals surface area contributed by atoms with Gasteiger partial charge in [0, 0.05) is 23.3 Å². The van der Waals surface area contributed by atoms with Gasteiger partial charge >= 0.3 is 11.9 Å². The normalized spacial score (nSPS) is 10.7. The van der Waals surface area contributed by atoms with E-state index in [0.717, 1.165) is 62.5 Å². The molecule has 0 heterocycles. The highest BCUT2D eigenvalue weighted by molar-refractivity contribution is 5.91. The minimum absolute atomic E-state index is 0.120. The van der Waals surface area contributed by atoms with Crippen molar-refractivity contribution in [1.29, 1.82) is 10.5 Å². The van der Waals surface area contributed by atoms with Gasteiger partial charge in [-0.3, -0.25) is 0 Å². The van der Waals surface area contributed by atoms with E-state index in [1.807, 2.05) is 36.4 Å². The molecule has 6 nitrogen and oxygen atoms in total. The van der Waals surface area contributed by atoms with Crippen molar-refractivity contribution in [3.8, 4) is 45.9 Å². The van der Waals surface area contributed by atoms with Crippen molar-refractivity contribution >= 4 is 11.9 Å². The summed E-state index contributed by atoms with van der Waals surface area (Å²) in [7, 11) is 0. The number of hydrogen-bond donors (Lipinski definition) is 0. The lowest BCUT2D eigenvalue weighted by Crippen LogP contribution is -2.08. The smallest absolute Gasteiger partial charge is 0.343 e. The predicted molar refractivity (Wildman–Crippen MR) is 216 cm³/mol. The summed E-state index contributed by atoms with van der Waals surface area (Å²) in [6.45, 7) is 0. The van der Waals surface area contributed by atoms with Crippen molar-refractivity contribution in [3.63, 3.8) is 0 Å². The Balaban J connectivity index is 0.834. The summed E-state index contributed by atoms with van der Waals surface area (Å²) >= 11 is 0. The molecule has 0 unspecified atom stereocenters. The van der Waals surface area contributed by atoms with Crippen LogP contribution in [0.3, 0.4) is 0 Å². The zero-order valence-electron chi connectivity index (χ0n) is 31.3. The summed E-state index contributed by atoms with van der Waals surface area (Å²) in [5.41, 5.74) is 6.03. The lowest BCUT2D eigenvalue weighted by molar-refractivity contribution is 0.0724. The van der Waals surface area contributed by atoms with Crippen LogP contribution in [0.2, 0.25) is 0 Å². The van der Waals surface area contributed by atoms with E-state index in [1.165, 1.54) is 18.6 Å². The van der Waals surface area contributed by atoms with E-state index in [4.69, 9.17) is 20.0 Å². The molecule has 6 aromatic carbocycles. The average Bonchev–Trinajstić information content (AvgIpc) is 3.23. The van der Waals surface area contributed by atoms with Gasteiger partial charge in [0.1, 0.15) is 23.1 Å². The Hall–Kier alpha value is -6.90. The third kappa shape index (κ3) is 11.1. The van der Waals surface area contributed by atoms with Crippen LogP contribution in [0.4, 0.5) is 8.78 Å². The first-order valence-electron chi connectivity index (χ1n) is 19.0. The molecule has 0 atom stereocenters. The molecule has 8 heteroatoms. The van der Waals surface area contributed by atoms with Crippen LogP contribution in [-0.2, 0) is 12.8 Å². The standard InChI is InChI=1S/C49H40F2N2O4/c50-46-30-42(26-28-44(46)38-18-14-36(32-52)15-19-38)56-48(54)40-22-10-34(11-23-40)8-6-4-2-1-3-5-7-9-35-12-24-41(25-13-35)49(55)57-43-27-29-45(47(51)31-43)39-20-16-37(33-53)17-21-39/h10-31H,1-9H2. The molecule has 6 rings (SSSR count). The van der Waals surface area contributed by atoms with Gasteiger partial charge < -0.3 is 9.47 Å². The highest BCUT2D eigenvalue weighted by atomic mass is 19.1. The molecule has 0 saturated carbocycles. The summed E-state index contributed by atoms with van der Waals surface area (Å²) in [5, 5.41) is 17.9. The van der Waals surface area contributed by atoms with Gasteiger partial charge in [-0.25, -0.2) is 18.4 Å². The molecule has 6 aromatic rings. The molecular formula is C49H40F2N2O4. The summed E-state index contributed by atoms with van der Waals surface area (Å²) in [6.07, 6.45) is 9.68. The molecule has 0 spiro atoms. The van der Waals surface area contributed by atoms with Gasteiger partial charge in [0.15, 0.2) is 0 Å². The van der Waals surface area contributed by atoms with Crippen molar-refractivity contribution in [2.75, 3.05) is 0 Å². The second-order valence-electron chi connectivity index (χ2n) is 13.8. The first kappa shape index (κ1) is 39.8. The molecule has 0 fully saturated rings. The number of nitriles is 2. The minimum atomic E-state index is -0.552. The Morgan fingerprint density at radius 2 is 0.807 bits per heavy atom. The maximum atomic E-state index is 14.8. The molecule has 0 N–H and O–H groups in total. The number of rotatable bonds is 16. The Labute approximate surface area is 331 Å². The van der Waals surface area contributed by atoms with Gasteiger partial charge in [-0.1, -0.05) is 80.6 Å². The first-order chi connectivity index (χ1) is 27.8. The fourth-order valence-corrected chi connectivity index (χ4v) is 6.52. The average molecular weight is 759 g/mol. The molecule has 0 aliphatic carbocycles. The number of ether oxygens (including phenoxy) is 2. The maximum absolute atomic E-state index is 14.8. The molecule has 0 aromatic heterocycles. The third-order valence-electron chi connectivity index (χ3n) is 9.76. The summed E-state index contributed by atoms with van der Waals surface area (Å²) in [5.74, 6) is -1.90. The topological polar surface area (TPSA) is 100 Å². The van der Waals surface area contributed by atoms with Crippen LogP contribution in [0.25, 0.3) is 22.3 Å². The van der Waals surface area contributed by atoms with E-state index in [-0.39, 0.29) is 11.5 Å². The highest BCUT2D eigenvalue weighted by Gasteiger charge is 2.14. The Kier molecular flexibility index (Phi) is 13.7. The number of carbonyl (C=O) groups excluding carboxylic acids is 2. The lowest BCUT2D eigenvalue weighted by atomic mass is 10.0. The summed E-state index contributed by atoms with van der Waals surface area (Å²) in [4.78, 5) is 25.4. The Bertz CT molecular complexity index is 2220. The lowest BCUT2D eigenvalue weighted by Gasteiger charge is -2.09. The van der Waals surface area contributed by atoms with Gasteiger partial charge in [0.25, 0.3) is 0 Å². The largest absolute Gasteiger partial charge is 0.423 e. The SMILES string of the molecule is N#Cc1ccc(-c2ccc(OC(=O)c3ccc(CCCCCCCCCc4ccc(C(=O)Oc5ccc(-c6ccc(C#N)cc6)c(F)c5)cc4)cc3)cc2F)cc1. The van der Waals surface area contributed by atoms with Gasteiger partial charge in [-0.15, -0.1) is 0 Å². The zero-order chi connectivity index (χ0) is 40.0. The van der Waals surface area contributed by atoms with Crippen LogP contribution in [0.1, 0.15) is 87.9 Å². The monoisotopic (exact) mass is 758 g/mol. The number of halogens is 2. The summed E-state index contributed by atoms with van der Waals surface area (Å²) in [6, 6.07) is 40.6. The number of aryl methyl sites for hydroxylation is 2. The zero-order valence-corrected chi connectivity index (χ0v) is 31.3. The van der Waals surface area contributed by atoms with Crippen LogP contribution < -0.4 is 9.47 Å². The Morgan fingerprint density at radius 3 is 1.14 bits per heavy atom. The highest BCUT2D eigenvalue weighted by Crippen LogP contribution is 2.29. The van der Waals surface area contributed by atoms with E-state index in [1.54, 1.807) is 97.1 Å². The second kappa shape index (κ2) is 19.6. The fourth-order valence-electron chi connectivity index (χ4n) is 6.52. The van der Waals surface area contributed by atoms with Crippen molar-refractivity contribution in [2.24, 2.45) is 0 Å². The molecular weight excluding hydrogens is 719 g/mol. The van der Waals surface area contributed by atoms with E-state index in [9.17, 15) is 18.4 Å². The van der Waals surface area contributed by atoms with E-state index >= 15 is 0 Å². The fraction of sp³-hybridized carbons (Fsp3) is 0.184. The first-order valence-corrected chi connectivity index (χ1v) is 19.0. The summed E-state index contributed by atoms with van der Waals surface area (Å²) < 4.78 is 40.4. The van der Waals surface area contributed by atoms with Crippen LogP contribution in [0, 0.1) is 34.3 Å². The molecule has 284 valence electrons. The molecule has 0 saturated heterocycles. The van der Waals surface area contributed by atoms with Gasteiger partial charge in [-0.05, 0) is 121 Å². The third-order valence-corrected chi connectivity index (χ3v) is 9.76. The van der Waals surface area contributed by atoms with Crippen molar-refractivity contribution in [1.82, 2.24) is 0 Å². The van der Waals surface area contributed by atoms with Crippen molar-refractivity contribution in [2.45, 2.75) is 57.8 Å². The quantitative estimate of drug-likeness (QED) is 0.0553.